The molecule has 4 aromatic rings. The lowest BCUT2D eigenvalue weighted by Crippen LogP contribution is -2.53. The fourth-order valence-electron chi connectivity index (χ4n) is 6.41. The molecule has 0 radical (unpaired) electrons. The Bertz CT molecular complexity index is 1720. The average molecular weight is 580 g/mol. The zero-order valence-electron chi connectivity index (χ0n) is 23.1. The van der Waals surface area contributed by atoms with Crippen molar-refractivity contribution in [3.8, 4) is 0 Å². The number of hydrogen-bond acceptors (Lipinski definition) is 6. The van der Waals surface area contributed by atoms with Gasteiger partial charge in [0.05, 0.1) is 5.69 Å². The van der Waals surface area contributed by atoms with E-state index in [-0.39, 0.29) is 18.2 Å². The zero-order valence-corrected chi connectivity index (χ0v) is 23.8. The smallest absolute Gasteiger partial charge is 0.259 e. The molecule has 1 unspecified atom stereocenters. The topological polar surface area (TPSA) is 85.9 Å². The van der Waals surface area contributed by atoms with Crippen molar-refractivity contribution in [3.05, 3.63) is 100 Å². The van der Waals surface area contributed by atoms with Crippen LogP contribution in [0.25, 0.3) is 10.8 Å². The number of pyridine rings is 1. The summed E-state index contributed by atoms with van der Waals surface area (Å²) >= 11 is 6.07. The quantitative estimate of drug-likeness (QED) is 0.266. The molecule has 3 aliphatic heterocycles. The van der Waals surface area contributed by atoms with Gasteiger partial charge in [-0.1, -0.05) is 60.1 Å². The minimum atomic E-state index is -0.680. The second-order valence-corrected chi connectivity index (χ2v) is 11.6. The van der Waals surface area contributed by atoms with E-state index in [1.54, 1.807) is 11.0 Å². The molecule has 8 nitrogen and oxygen atoms in total. The van der Waals surface area contributed by atoms with Crippen LogP contribution in [-0.4, -0.2) is 59.8 Å². The van der Waals surface area contributed by atoms with Crippen LogP contribution in [0.15, 0.2) is 72.8 Å². The first-order valence-electron chi connectivity index (χ1n) is 14.3. The van der Waals surface area contributed by atoms with Crippen LogP contribution in [0, 0.1) is 0 Å². The first-order chi connectivity index (χ1) is 20.4. The molecule has 7 rings (SSSR count). The van der Waals surface area contributed by atoms with Crippen molar-refractivity contribution in [2.24, 2.45) is 0 Å². The Labute approximate surface area is 248 Å². The Morgan fingerprint density at radius 2 is 1.62 bits per heavy atom. The van der Waals surface area contributed by atoms with Crippen LogP contribution in [0.1, 0.15) is 39.9 Å². The third kappa shape index (κ3) is 4.91. The first-order valence-corrected chi connectivity index (χ1v) is 14.7. The number of hydrogen-bond donors (Lipinski definition) is 1. The second-order valence-electron chi connectivity index (χ2n) is 11.2. The summed E-state index contributed by atoms with van der Waals surface area (Å²) in [6.07, 6.45) is 1.29. The number of carbonyl (C=O) groups excluding carboxylic acids is 3. The van der Waals surface area contributed by atoms with E-state index in [0.717, 1.165) is 67.0 Å². The van der Waals surface area contributed by atoms with E-state index < -0.39 is 11.9 Å². The maximum Gasteiger partial charge on any atom is 0.259 e. The third-order valence-corrected chi connectivity index (χ3v) is 8.77. The van der Waals surface area contributed by atoms with Crippen LogP contribution in [-0.2, 0) is 22.6 Å². The van der Waals surface area contributed by atoms with Crippen molar-refractivity contribution in [1.82, 2.24) is 15.2 Å². The third-order valence-electron chi connectivity index (χ3n) is 8.56. The Morgan fingerprint density at radius 1 is 0.857 bits per heavy atom. The molecule has 0 bridgehead atoms. The van der Waals surface area contributed by atoms with Crippen molar-refractivity contribution in [3.63, 3.8) is 0 Å². The lowest BCUT2D eigenvalue weighted by Gasteiger charge is -2.35. The Morgan fingerprint density at radius 3 is 2.38 bits per heavy atom. The molecular weight excluding hydrogens is 550 g/mol. The van der Waals surface area contributed by atoms with Crippen molar-refractivity contribution in [2.45, 2.75) is 31.8 Å². The van der Waals surface area contributed by atoms with Crippen molar-refractivity contribution >= 4 is 51.6 Å². The highest BCUT2D eigenvalue weighted by molar-refractivity contribution is 6.29. The number of rotatable bonds is 6. The fraction of sp³-hybridized carbons (Fsp3) is 0.273. The standard InChI is InChI=1S/C33H30ClN5O3/c34-28-5-2-6-29(35-28)38-17-15-37(16-18-38)20-22-9-7-21(8-10-22)19-23-11-12-26-31-24(23)3-1-4-25(31)33(42)39(26)27-13-14-30(40)36-32(27)41/h1-12,27H,13-20H2,(H,36,40,41). The van der Waals surface area contributed by atoms with Crippen LogP contribution in [0.5, 0.6) is 0 Å². The molecule has 1 aromatic heterocycles. The molecule has 42 heavy (non-hydrogen) atoms. The van der Waals surface area contributed by atoms with E-state index in [9.17, 15) is 14.4 Å². The summed E-state index contributed by atoms with van der Waals surface area (Å²) in [6, 6.07) is 23.6. The van der Waals surface area contributed by atoms with Crippen molar-refractivity contribution < 1.29 is 14.4 Å². The highest BCUT2D eigenvalue weighted by atomic mass is 35.5. The summed E-state index contributed by atoms with van der Waals surface area (Å²) in [4.78, 5) is 48.5. The minimum absolute atomic E-state index is 0.184. The number of halogens is 1. The molecule has 3 aromatic carbocycles. The lowest BCUT2D eigenvalue weighted by atomic mass is 9.95. The Hall–Kier alpha value is -4.27. The summed E-state index contributed by atoms with van der Waals surface area (Å²) in [5, 5.41) is 4.81. The van der Waals surface area contributed by atoms with E-state index in [2.05, 4.69) is 50.4 Å². The van der Waals surface area contributed by atoms with Gasteiger partial charge in [0.15, 0.2) is 0 Å². The molecule has 0 saturated carbocycles. The molecule has 1 N–H and O–H groups in total. The van der Waals surface area contributed by atoms with Crippen LogP contribution in [0.4, 0.5) is 11.5 Å². The minimum Gasteiger partial charge on any atom is -0.354 e. The van der Waals surface area contributed by atoms with Gasteiger partial charge in [0.2, 0.25) is 11.8 Å². The van der Waals surface area contributed by atoms with E-state index >= 15 is 0 Å². The maximum atomic E-state index is 13.4. The first kappa shape index (κ1) is 26.6. The van der Waals surface area contributed by atoms with Gasteiger partial charge in [-0.25, -0.2) is 4.98 Å². The van der Waals surface area contributed by atoms with Gasteiger partial charge in [-0.05, 0) is 59.2 Å². The van der Waals surface area contributed by atoms with E-state index in [4.69, 9.17) is 11.6 Å². The Balaban J connectivity index is 1.04. The molecule has 1 atom stereocenters. The SMILES string of the molecule is O=C1CCC(N2C(=O)c3cccc4c(Cc5ccc(CN6CCN(c7cccc(Cl)n7)CC6)cc5)ccc2c34)C(=O)N1. The number of imide groups is 1. The molecule has 0 spiro atoms. The number of nitrogens with zero attached hydrogens (tertiary/aromatic N) is 4. The number of benzene rings is 3. The highest BCUT2D eigenvalue weighted by Crippen LogP contribution is 2.41. The zero-order chi connectivity index (χ0) is 28.8. The van der Waals surface area contributed by atoms with Gasteiger partial charge in [0, 0.05) is 50.1 Å². The number of carbonyl (C=O) groups is 3. The van der Waals surface area contributed by atoms with E-state index in [1.165, 1.54) is 11.1 Å². The van der Waals surface area contributed by atoms with Crippen LogP contribution >= 0.6 is 11.6 Å². The molecule has 0 aliphatic carbocycles. The number of piperazine rings is 1. The molecule has 3 amide bonds. The molecule has 4 heterocycles. The van der Waals surface area contributed by atoms with E-state index in [0.29, 0.717) is 17.1 Å². The number of piperidine rings is 1. The summed E-state index contributed by atoms with van der Waals surface area (Å²) < 4.78 is 0. The molecular formula is C33H30ClN5O3. The fourth-order valence-corrected chi connectivity index (χ4v) is 6.57. The largest absolute Gasteiger partial charge is 0.354 e. The van der Waals surface area contributed by atoms with Gasteiger partial charge in [-0.3, -0.25) is 29.5 Å². The number of aromatic nitrogens is 1. The number of amides is 3. The second kappa shape index (κ2) is 10.9. The number of anilines is 2. The lowest BCUT2D eigenvalue weighted by molar-refractivity contribution is -0.134. The number of nitrogens with one attached hydrogen (secondary N) is 1. The van der Waals surface area contributed by atoms with Gasteiger partial charge >= 0.3 is 0 Å². The van der Waals surface area contributed by atoms with E-state index in [1.807, 2.05) is 36.4 Å². The highest BCUT2D eigenvalue weighted by Gasteiger charge is 2.40. The predicted molar refractivity (Wildman–Crippen MR) is 163 cm³/mol. The molecule has 2 fully saturated rings. The van der Waals surface area contributed by atoms with Gasteiger partial charge in [0.25, 0.3) is 5.91 Å². The van der Waals surface area contributed by atoms with Gasteiger partial charge in [-0.15, -0.1) is 0 Å². The van der Waals surface area contributed by atoms with Gasteiger partial charge in [0.1, 0.15) is 17.0 Å². The summed E-state index contributed by atoms with van der Waals surface area (Å²) in [6.45, 7) is 4.66. The maximum absolute atomic E-state index is 13.4. The van der Waals surface area contributed by atoms with Gasteiger partial charge in [-0.2, -0.15) is 0 Å². The predicted octanol–water partition coefficient (Wildman–Crippen LogP) is 4.57. The van der Waals surface area contributed by atoms with Crippen LogP contribution in [0.3, 0.4) is 0 Å². The summed E-state index contributed by atoms with van der Waals surface area (Å²) in [5.74, 6) is 0.0458. The normalized spacial score (nSPS) is 19.1. The summed E-state index contributed by atoms with van der Waals surface area (Å²) in [7, 11) is 0. The van der Waals surface area contributed by atoms with Crippen molar-refractivity contribution in [1.29, 1.82) is 0 Å². The van der Waals surface area contributed by atoms with Crippen molar-refractivity contribution in [2.75, 3.05) is 36.0 Å². The molecule has 212 valence electrons. The monoisotopic (exact) mass is 579 g/mol. The van der Waals surface area contributed by atoms with Gasteiger partial charge < -0.3 is 4.90 Å². The Kier molecular flexibility index (Phi) is 6.88. The van der Waals surface area contributed by atoms with Crippen LogP contribution < -0.4 is 15.1 Å². The molecule has 9 heteroatoms. The van der Waals surface area contributed by atoms with Crippen LogP contribution in [0.2, 0.25) is 5.15 Å². The summed E-state index contributed by atoms with van der Waals surface area (Å²) in [5.41, 5.74) is 4.95. The molecule has 2 saturated heterocycles. The molecule has 3 aliphatic rings. The average Bonchev–Trinajstić information content (AvgIpc) is 3.28.